The highest BCUT2D eigenvalue weighted by atomic mass is 15.2. The Balaban J connectivity index is 1.42. The molecule has 1 aliphatic rings. The highest BCUT2D eigenvalue weighted by Crippen LogP contribution is 2.53. The number of benzene rings is 6. The van der Waals surface area contributed by atoms with Crippen LogP contribution in [0.25, 0.3) is 33.4 Å². The van der Waals surface area contributed by atoms with Crippen molar-refractivity contribution in [3.05, 3.63) is 163 Å². The predicted octanol–water partition coefficient (Wildman–Crippen LogP) is 10.8. The summed E-state index contributed by atoms with van der Waals surface area (Å²) < 4.78 is 0. The molecule has 0 radical (unpaired) electrons. The summed E-state index contributed by atoms with van der Waals surface area (Å²) in [5.41, 5.74) is 13.5. The second-order valence-corrected chi connectivity index (χ2v) is 11.1. The standard InChI is InChI=1S/C39H31N/c1-39(2)35-26-32(29-14-8-4-9-15-29)20-24-37(35)40(34-22-18-31(19-23-34)28-12-6-3-7-13-28)38-25-21-33(27-36(38)39)30-16-10-5-11-17-30/h3-27H,1-2H3. The van der Waals surface area contributed by atoms with Gasteiger partial charge in [0.1, 0.15) is 0 Å². The van der Waals surface area contributed by atoms with E-state index in [1.165, 1.54) is 55.9 Å². The first-order chi connectivity index (χ1) is 19.6. The zero-order valence-corrected chi connectivity index (χ0v) is 22.9. The summed E-state index contributed by atoms with van der Waals surface area (Å²) in [6.45, 7) is 4.73. The van der Waals surface area contributed by atoms with Gasteiger partial charge in [-0.3, -0.25) is 0 Å². The predicted molar refractivity (Wildman–Crippen MR) is 170 cm³/mol. The normalized spacial score (nSPS) is 13.4. The quantitative estimate of drug-likeness (QED) is 0.227. The molecule has 0 bridgehead atoms. The molecule has 0 aliphatic carbocycles. The Kier molecular flexibility index (Phi) is 5.86. The maximum Gasteiger partial charge on any atom is 0.0503 e. The van der Waals surface area contributed by atoms with Gasteiger partial charge in [-0.2, -0.15) is 0 Å². The minimum Gasteiger partial charge on any atom is -0.310 e. The number of anilines is 3. The lowest BCUT2D eigenvalue weighted by Crippen LogP contribution is -2.30. The molecule has 0 amide bonds. The molecule has 0 saturated carbocycles. The highest BCUT2D eigenvalue weighted by molar-refractivity contribution is 5.89. The van der Waals surface area contributed by atoms with Gasteiger partial charge in [-0.05, 0) is 80.9 Å². The number of hydrogen-bond acceptors (Lipinski definition) is 1. The van der Waals surface area contributed by atoms with Crippen molar-refractivity contribution in [1.29, 1.82) is 0 Å². The number of fused-ring (bicyclic) bond motifs is 2. The molecule has 0 aromatic heterocycles. The summed E-state index contributed by atoms with van der Waals surface area (Å²) in [6.07, 6.45) is 0. The summed E-state index contributed by atoms with van der Waals surface area (Å²) in [6, 6.07) is 54.9. The molecule has 192 valence electrons. The van der Waals surface area contributed by atoms with E-state index >= 15 is 0 Å². The lowest BCUT2D eigenvalue weighted by atomic mass is 9.72. The van der Waals surface area contributed by atoms with Gasteiger partial charge in [0.25, 0.3) is 0 Å². The number of nitrogens with zero attached hydrogens (tertiary/aromatic N) is 1. The van der Waals surface area contributed by atoms with Crippen LogP contribution in [0.3, 0.4) is 0 Å². The third-order valence-corrected chi connectivity index (χ3v) is 8.27. The molecule has 0 saturated heterocycles. The van der Waals surface area contributed by atoms with Crippen molar-refractivity contribution in [1.82, 2.24) is 0 Å². The van der Waals surface area contributed by atoms with Crippen molar-refractivity contribution < 1.29 is 0 Å². The fraction of sp³-hybridized carbons (Fsp3) is 0.0769. The molecule has 40 heavy (non-hydrogen) atoms. The molecule has 1 aliphatic heterocycles. The molecule has 0 N–H and O–H groups in total. The SMILES string of the molecule is CC1(C)c2cc(-c3ccccc3)ccc2N(c2ccc(-c3ccccc3)cc2)c2ccc(-c3ccccc3)cc21. The van der Waals surface area contributed by atoms with Crippen molar-refractivity contribution >= 4 is 17.1 Å². The Morgan fingerprint density at radius 2 is 0.725 bits per heavy atom. The maximum atomic E-state index is 2.44. The molecule has 0 atom stereocenters. The van der Waals surface area contributed by atoms with E-state index in [0.29, 0.717) is 0 Å². The summed E-state index contributed by atoms with van der Waals surface area (Å²) in [7, 11) is 0. The van der Waals surface area contributed by atoms with Gasteiger partial charge in [0.15, 0.2) is 0 Å². The third-order valence-electron chi connectivity index (χ3n) is 8.27. The van der Waals surface area contributed by atoms with Crippen LogP contribution < -0.4 is 4.90 Å². The Morgan fingerprint density at radius 3 is 1.15 bits per heavy atom. The summed E-state index contributed by atoms with van der Waals surface area (Å²) >= 11 is 0. The van der Waals surface area contributed by atoms with E-state index in [1.807, 2.05) is 0 Å². The lowest BCUT2D eigenvalue weighted by Gasteiger charge is -2.42. The zero-order valence-electron chi connectivity index (χ0n) is 22.9. The number of rotatable bonds is 4. The second kappa shape index (κ2) is 9.70. The first kappa shape index (κ1) is 24.2. The Morgan fingerprint density at radius 1 is 0.375 bits per heavy atom. The van der Waals surface area contributed by atoms with E-state index < -0.39 is 0 Å². The van der Waals surface area contributed by atoms with Crippen LogP contribution in [0.15, 0.2) is 152 Å². The summed E-state index contributed by atoms with van der Waals surface area (Å²) in [5, 5.41) is 0. The molecule has 0 fully saturated rings. The first-order valence-electron chi connectivity index (χ1n) is 14.0. The first-order valence-corrected chi connectivity index (χ1v) is 14.0. The van der Waals surface area contributed by atoms with Crippen LogP contribution in [0.4, 0.5) is 17.1 Å². The third kappa shape index (κ3) is 4.12. The molecular formula is C39H31N. The van der Waals surface area contributed by atoms with Crippen molar-refractivity contribution in [3.8, 4) is 33.4 Å². The molecule has 0 spiro atoms. The van der Waals surface area contributed by atoms with Crippen LogP contribution in [0.5, 0.6) is 0 Å². The van der Waals surface area contributed by atoms with E-state index in [0.717, 1.165) is 5.69 Å². The summed E-state index contributed by atoms with van der Waals surface area (Å²) in [4.78, 5) is 2.44. The molecule has 6 aromatic carbocycles. The molecule has 1 nitrogen and oxygen atoms in total. The summed E-state index contributed by atoms with van der Waals surface area (Å²) in [5.74, 6) is 0. The Labute approximate surface area is 237 Å². The van der Waals surface area contributed by atoms with Gasteiger partial charge < -0.3 is 4.90 Å². The second-order valence-electron chi connectivity index (χ2n) is 11.1. The Bertz CT molecular complexity index is 1690. The molecule has 1 heterocycles. The van der Waals surface area contributed by atoms with E-state index in [1.54, 1.807) is 0 Å². The van der Waals surface area contributed by atoms with Gasteiger partial charge >= 0.3 is 0 Å². The van der Waals surface area contributed by atoms with Crippen LogP contribution in [0, 0.1) is 0 Å². The average Bonchev–Trinajstić information content (AvgIpc) is 3.02. The van der Waals surface area contributed by atoms with Crippen molar-refractivity contribution in [3.63, 3.8) is 0 Å². The van der Waals surface area contributed by atoms with E-state index in [2.05, 4.69) is 170 Å². The highest BCUT2D eigenvalue weighted by Gasteiger charge is 2.37. The molecule has 6 aromatic rings. The molecule has 7 rings (SSSR count). The molecule has 1 heteroatoms. The van der Waals surface area contributed by atoms with Gasteiger partial charge in [0, 0.05) is 11.1 Å². The fourth-order valence-corrected chi connectivity index (χ4v) is 6.07. The van der Waals surface area contributed by atoms with E-state index in [-0.39, 0.29) is 5.41 Å². The van der Waals surface area contributed by atoms with Crippen molar-refractivity contribution in [2.45, 2.75) is 19.3 Å². The van der Waals surface area contributed by atoms with Crippen LogP contribution >= 0.6 is 0 Å². The van der Waals surface area contributed by atoms with E-state index in [9.17, 15) is 0 Å². The van der Waals surface area contributed by atoms with Crippen molar-refractivity contribution in [2.75, 3.05) is 4.90 Å². The fourth-order valence-electron chi connectivity index (χ4n) is 6.07. The van der Waals surface area contributed by atoms with Gasteiger partial charge in [-0.15, -0.1) is 0 Å². The average molecular weight is 514 g/mol. The van der Waals surface area contributed by atoms with Gasteiger partial charge in [0.05, 0.1) is 11.4 Å². The van der Waals surface area contributed by atoms with Crippen LogP contribution in [0.2, 0.25) is 0 Å². The molecule has 0 unspecified atom stereocenters. The van der Waals surface area contributed by atoms with Gasteiger partial charge in [-0.1, -0.05) is 129 Å². The number of hydrogen-bond donors (Lipinski definition) is 0. The minimum absolute atomic E-state index is 0.180. The van der Waals surface area contributed by atoms with Crippen molar-refractivity contribution in [2.24, 2.45) is 0 Å². The topological polar surface area (TPSA) is 3.24 Å². The zero-order chi connectivity index (χ0) is 27.1. The van der Waals surface area contributed by atoms with Gasteiger partial charge in [-0.25, -0.2) is 0 Å². The van der Waals surface area contributed by atoms with Crippen LogP contribution in [-0.4, -0.2) is 0 Å². The monoisotopic (exact) mass is 513 g/mol. The van der Waals surface area contributed by atoms with Crippen LogP contribution in [0.1, 0.15) is 25.0 Å². The Hall–Kier alpha value is -4.88. The van der Waals surface area contributed by atoms with Gasteiger partial charge in [0.2, 0.25) is 0 Å². The molecular weight excluding hydrogens is 482 g/mol. The van der Waals surface area contributed by atoms with E-state index in [4.69, 9.17) is 0 Å². The lowest BCUT2D eigenvalue weighted by molar-refractivity contribution is 0.632. The minimum atomic E-state index is -0.180. The largest absolute Gasteiger partial charge is 0.310 e. The smallest absolute Gasteiger partial charge is 0.0503 e. The maximum absolute atomic E-state index is 2.44. The van der Waals surface area contributed by atoms with Crippen LogP contribution in [-0.2, 0) is 5.41 Å².